The van der Waals surface area contributed by atoms with Gasteiger partial charge in [0.05, 0.1) is 40.8 Å². The van der Waals surface area contributed by atoms with E-state index in [0.717, 1.165) is 13.8 Å². The third kappa shape index (κ3) is 9.73. The van der Waals surface area contributed by atoms with Gasteiger partial charge in [0.1, 0.15) is 23.4 Å². The van der Waals surface area contributed by atoms with Gasteiger partial charge >= 0.3 is 60.8 Å². The molecule has 0 saturated heterocycles. The van der Waals surface area contributed by atoms with Crippen molar-refractivity contribution in [3.63, 3.8) is 0 Å². The number of carboxylic acids is 2. The molecule has 160 valence electrons. The molecule has 0 bridgehead atoms. The second-order valence-corrected chi connectivity index (χ2v) is 7.21. The van der Waals surface area contributed by atoms with Crippen LogP contribution in [0.1, 0.15) is 27.7 Å². The fourth-order valence-electron chi connectivity index (χ4n) is 1.90. The first-order valence-corrected chi connectivity index (χ1v) is 7.65. The molecule has 0 aliphatic carbocycles. The van der Waals surface area contributed by atoms with E-state index in [1.54, 1.807) is 0 Å². The summed E-state index contributed by atoms with van der Waals surface area (Å²) in [6, 6.07) is 0. The van der Waals surface area contributed by atoms with Crippen LogP contribution >= 0.6 is 0 Å². The zero-order chi connectivity index (χ0) is 23.1. The molecule has 0 heterocycles. The van der Waals surface area contributed by atoms with Crippen LogP contribution in [0.2, 0.25) is 10.6 Å². The van der Waals surface area contributed by atoms with Crippen LogP contribution in [0, 0.1) is 0 Å². The molecule has 4 unspecified atom stereocenters. The molecular formula is C14H22B2CaMgO12. The number of aliphatic hydroxyl groups is 4. The number of carboxylic acid groups (broad SMARTS) is 2. The first-order chi connectivity index (χ1) is 12.3. The van der Waals surface area contributed by atoms with Crippen LogP contribution < -0.4 is 20.7 Å². The number of rotatable bonds is 10. The van der Waals surface area contributed by atoms with Gasteiger partial charge in [-0.25, -0.2) is 0 Å². The van der Waals surface area contributed by atoms with Gasteiger partial charge in [-0.15, -0.1) is 0 Å². The van der Waals surface area contributed by atoms with Crippen molar-refractivity contribution in [3.8, 4) is 0 Å². The standard InChI is InChI=1S/C7H15BO6.C7H11BO6.Ca.Mg/c1-6(2,8)7(10,4-14-12)5(9)3-13-11;1-6(2,8)7(14,5(12)13)3(9)4(10)11;;/h5,9-12H,3-4H2,1-2H3;3,9,14H,1-2H3,(H,10,11)(H,12,13);;/q;;2*+2/p-4. The quantitative estimate of drug-likeness (QED) is 0.133. The monoisotopic (exact) mass is 468 g/mol. The topological polar surface area (TPSA) is 226 Å². The normalized spacial score (nSPS) is 17.4. The summed E-state index contributed by atoms with van der Waals surface area (Å²) in [4.78, 5) is 27.7. The Hall–Kier alpha value is 0.776. The number of carbonyl (C=O) groups is 2. The third-order valence-electron chi connectivity index (χ3n) is 4.08. The molecule has 30 heavy (non-hydrogen) atoms. The van der Waals surface area contributed by atoms with E-state index in [2.05, 4.69) is 9.78 Å². The van der Waals surface area contributed by atoms with Gasteiger partial charge in [-0.1, -0.05) is 27.7 Å². The van der Waals surface area contributed by atoms with E-state index >= 15 is 0 Å². The minimum atomic E-state index is -3.11. The maximum atomic E-state index is 10.5. The molecule has 16 heteroatoms. The molecular weight excluding hydrogens is 446 g/mol. The summed E-state index contributed by atoms with van der Waals surface area (Å²) in [6.45, 7) is 3.44. The Morgan fingerprint density at radius 2 is 1.37 bits per heavy atom. The predicted octanol–water partition coefficient (Wildman–Crippen LogP) is -7.79. The van der Waals surface area contributed by atoms with Crippen molar-refractivity contribution >= 4 is 88.4 Å². The van der Waals surface area contributed by atoms with Gasteiger partial charge in [-0.05, 0) is 10.6 Å². The Labute approximate surface area is 222 Å². The van der Waals surface area contributed by atoms with Crippen molar-refractivity contribution in [2.45, 2.75) is 61.7 Å². The maximum Gasteiger partial charge on any atom is 2.00 e. The number of carbonyl (C=O) groups excluding carboxylic acids is 2. The number of aliphatic carboxylic acids is 2. The van der Waals surface area contributed by atoms with Gasteiger partial charge in [0, 0.05) is 0 Å². The molecule has 4 radical (unpaired) electrons. The van der Waals surface area contributed by atoms with E-state index in [-0.39, 0.29) is 60.8 Å². The van der Waals surface area contributed by atoms with Gasteiger partial charge in [-0.2, -0.15) is 0 Å². The van der Waals surface area contributed by atoms with Crippen molar-refractivity contribution in [2.75, 3.05) is 13.2 Å². The van der Waals surface area contributed by atoms with Crippen LogP contribution in [0.25, 0.3) is 0 Å². The Bertz CT molecular complexity index is 530. The molecule has 0 rings (SSSR count). The van der Waals surface area contributed by atoms with Gasteiger partial charge in [-0.3, -0.25) is 0 Å². The molecule has 0 saturated carbocycles. The summed E-state index contributed by atoms with van der Waals surface area (Å²) in [5, 5.41) is 74.8. The largest absolute Gasteiger partial charge is 2.00 e. The minimum Gasteiger partial charge on any atom is -0.723 e. The first kappa shape index (κ1) is 38.1. The average Bonchev–Trinajstić information content (AvgIpc) is 2.51. The van der Waals surface area contributed by atoms with E-state index in [1.807, 2.05) is 0 Å². The van der Waals surface area contributed by atoms with Crippen LogP contribution in [0.5, 0.6) is 0 Å². The Morgan fingerprint density at radius 3 is 1.53 bits per heavy atom. The number of hydrogen-bond donors (Lipinski definition) is 4. The van der Waals surface area contributed by atoms with E-state index < -0.39 is 59.2 Å². The summed E-state index contributed by atoms with van der Waals surface area (Å²) < 4.78 is 0. The molecule has 0 spiro atoms. The molecule has 0 aromatic rings. The molecule has 4 N–H and O–H groups in total. The van der Waals surface area contributed by atoms with E-state index in [1.165, 1.54) is 13.8 Å². The van der Waals surface area contributed by atoms with Crippen LogP contribution in [0.4, 0.5) is 0 Å². The van der Waals surface area contributed by atoms with E-state index in [4.69, 9.17) is 20.8 Å². The third-order valence-corrected chi connectivity index (χ3v) is 4.08. The summed E-state index contributed by atoms with van der Waals surface area (Å²) >= 11 is 0. The van der Waals surface area contributed by atoms with Crippen LogP contribution in [0.15, 0.2) is 0 Å². The van der Waals surface area contributed by atoms with Gasteiger partial charge in [0.2, 0.25) is 0 Å². The van der Waals surface area contributed by atoms with Crippen molar-refractivity contribution < 1.29 is 60.5 Å². The smallest absolute Gasteiger partial charge is 0.723 e. The van der Waals surface area contributed by atoms with Crippen LogP contribution in [-0.4, -0.2) is 145 Å². The summed E-state index contributed by atoms with van der Waals surface area (Å²) in [7, 11) is 10.8. The van der Waals surface area contributed by atoms with Crippen LogP contribution in [0.3, 0.4) is 0 Å². The second-order valence-electron chi connectivity index (χ2n) is 7.21. The fraction of sp³-hybridized carbons (Fsp3) is 0.857. The molecule has 0 fully saturated rings. The number of hydrogen-bond acceptors (Lipinski definition) is 12. The average molecular weight is 468 g/mol. The van der Waals surface area contributed by atoms with Crippen molar-refractivity contribution in [3.05, 3.63) is 0 Å². The number of aliphatic hydroxyl groups excluding tert-OH is 2. The zero-order valence-corrected chi connectivity index (χ0v) is 20.8. The van der Waals surface area contributed by atoms with Gasteiger partial charge < -0.3 is 60.5 Å². The molecule has 0 aromatic heterocycles. The second kappa shape index (κ2) is 14.8. The first-order valence-electron chi connectivity index (χ1n) is 7.65. The summed E-state index contributed by atoms with van der Waals surface area (Å²) in [5.41, 5.74) is -5.13. The molecule has 4 atom stereocenters. The Kier molecular flexibility index (Phi) is 18.8. The molecule has 12 nitrogen and oxygen atoms in total. The molecule has 0 aliphatic rings. The minimum absolute atomic E-state index is 0. The summed E-state index contributed by atoms with van der Waals surface area (Å²) in [5.74, 6) is -4.32. The van der Waals surface area contributed by atoms with Crippen molar-refractivity contribution in [1.82, 2.24) is 0 Å². The van der Waals surface area contributed by atoms with E-state index in [9.17, 15) is 45.6 Å². The SMILES string of the molecule is [B]C(C)(C)C(O)(C(=O)[O-])C(O)C(=O)[O-].[B]C(C)(C)C(O)(CO[O-])C(O)CO[O-].[Ca+2].[Mg+2]. The van der Waals surface area contributed by atoms with Gasteiger partial charge in [0.15, 0.2) is 0 Å². The van der Waals surface area contributed by atoms with Gasteiger partial charge in [0.25, 0.3) is 0 Å². The zero-order valence-electron chi connectivity index (χ0n) is 17.2. The summed E-state index contributed by atoms with van der Waals surface area (Å²) in [6.07, 6.45) is -4.25. The molecule has 0 aromatic carbocycles. The molecule has 0 aliphatic heterocycles. The fourth-order valence-corrected chi connectivity index (χ4v) is 1.90. The van der Waals surface area contributed by atoms with E-state index in [0.29, 0.717) is 0 Å². The van der Waals surface area contributed by atoms with Crippen LogP contribution in [-0.2, 0) is 19.4 Å². The van der Waals surface area contributed by atoms with Crippen molar-refractivity contribution in [1.29, 1.82) is 0 Å². The Balaban J connectivity index is -0.000000211. The predicted molar refractivity (Wildman–Crippen MR) is 94.9 cm³/mol. The molecule has 0 amide bonds. The Morgan fingerprint density at radius 1 is 0.967 bits per heavy atom. The van der Waals surface area contributed by atoms with Crippen molar-refractivity contribution in [2.24, 2.45) is 0 Å². The maximum absolute atomic E-state index is 10.5.